The number of unbranched alkanes of at least 4 members (excludes halogenated alkanes) is 7. The van der Waals surface area contributed by atoms with E-state index in [1.165, 1.54) is 6.92 Å². The summed E-state index contributed by atoms with van der Waals surface area (Å²) in [4.78, 5) is 117. The molecule has 19 nitrogen and oxygen atoms in total. The summed E-state index contributed by atoms with van der Waals surface area (Å²) in [6.07, 6.45) is 5.49. The number of Topliss-reactive ketones (excluding diaryl/α,β-unsaturated/α-hetero) is 2. The van der Waals surface area contributed by atoms with Gasteiger partial charge in [0.25, 0.3) is 0 Å². The van der Waals surface area contributed by atoms with Gasteiger partial charge in [0, 0.05) is 52.1 Å². The molecule has 19 heteroatoms. The Kier molecular flexibility index (Phi) is 27.2. The lowest BCUT2D eigenvalue weighted by Crippen LogP contribution is -2.51. The largest absolute Gasteiger partial charge is 0.481 e. The van der Waals surface area contributed by atoms with Gasteiger partial charge < -0.3 is 47.0 Å². The number of amides is 5. The molecule has 0 aromatic heterocycles. The molecule has 0 aliphatic rings. The van der Waals surface area contributed by atoms with Crippen LogP contribution in [-0.2, 0) is 43.2 Å². The van der Waals surface area contributed by atoms with Crippen LogP contribution in [0.2, 0.25) is 0 Å². The maximum absolute atomic E-state index is 12.7. The Morgan fingerprint density at radius 1 is 0.571 bits per heavy atom. The monoisotopic (exact) mass is 800 g/mol. The second-order valence-electron chi connectivity index (χ2n) is 13.7. The lowest BCUT2D eigenvalue weighted by atomic mass is 9.93. The molecule has 0 fully saturated rings. The molecule has 2 unspecified atom stereocenters. The Labute approximate surface area is 328 Å². The molecular weight excluding hydrogens is 738 g/mol. The van der Waals surface area contributed by atoms with Gasteiger partial charge in [0.1, 0.15) is 19.2 Å². The number of ketones is 2. The molecule has 0 aromatic rings. The van der Waals surface area contributed by atoms with E-state index in [1.54, 1.807) is 0 Å². The van der Waals surface area contributed by atoms with E-state index in [-0.39, 0.29) is 68.5 Å². The van der Waals surface area contributed by atoms with E-state index in [2.05, 4.69) is 26.6 Å². The Morgan fingerprint density at radius 3 is 1.68 bits per heavy atom. The van der Waals surface area contributed by atoms with Crippen molar-refractivity contribution in [3.63, 3.8) is 0 Å². The van der Waals surface area contributed by atoms with Crippen LogP contribution in [0.15, 0.2) is 0 Å². The Bertz CT molecular complexity index is 1350. The fourth-order valence-electron chi connectivity index (χ4n) is 5.79. The second kappa shape index (κ2) is 31.1. The van der Waals surface area contributed by atoms with Crippen LogP contribution in [0.25, 0.3) is 0 Å². The van der Waals surface area contributed by atoms with Crippen LogP contribution in [0.1, 0.15) is 137 Å². The first kappa shape index (κ1) is 48.9. The first-order valence-corrected chi connectivity index (χ1v) is 19.2. The molecule has 0 saturated carbocycles. The van der Waals surface area contributed by atoms with Gasteiger partial charge in [-0.2, -0.15) is 0 Å². The van der Waals surface area contributed by atoms with Crippen molar-refractivity contribution in [2.75, 3.05) is 13.1 Å². The van der Waals surface area contributed by atoms with Crippen LogP contribution in [0.5, 0.6) is 0 Å². The fraction of sp³-hybridized carbons (Fsp3) is 0.730. The van der Waals surface area contributed by atoms with E-state index in [1.807, 2.05) is 0 Å². The third-order valence-corrected chi connectivity index (χ3v) is 8.89. The number of carbonyl (C=O) groups excluding carboxylic acids is 6. The van der Waals surface area contributed by atoms with Crippen LogP contribution < -0.4 is 26.6 Å². The highest BCUT2D eigenvalue weighted by Gasteiger charge is 2.25. The zero-order valence-corrected chi connectivity index (χ0v) is 32.2. The number of rotatable bonds is 35. The van der Waals surface area contributed by atoms with Crippen molar-refractivity contribution in [1.29, 1.82) is 0 Å². The first-order valence-electron chi connectivity index (χ1n) is 19.7. The van der Waals surface area contributed by atoms with E-state index in [9.17, 15) is 58.2 Å². The fourth-order valence-corrected chi connectivity index (χ4v) is 5.79. The highest BCUT2D eigenvalue weighted by molar-refractivity contribution is 5.88. The van der Waals surface area contributed by atoms with Crippen molar-refractivity contribution in [1.82, 2.24) is 26.6 Å². The van der Waals surface area contributed by atoms with Crippen molar-refractivity contribution < 1.29 is 69.7 Å². The first-order chi connectivity index (χ1) is 26.9. The molecule has 0 aromatic carbocycles. The van der Waals surface area contributed by atoms with Gasteiger partial charge in [0.15, 0.2) is 5.78 Å². The van der Waals surface area contributed by atoms with E-state index >= 15 is 0 Å². The maximum atomic E-state index is 12.7. The Hall–Kier alpha value is -5.10. The lowest BCUT2D eigenvalue weighted by Gasteiger charge is -2.18. The normalized spacial score (nSPS) is 13.1. The highest BCUT2D eigenvalue weighted by Crippen LogP contribution is 2.18. The summed E-state index contributed by atoms with van der Waals surface area (Å²) < 4.78 is 6.83. The summed E-state index contributed by atoms with van der Waals surface area (Å²) in [6.45, 7) is 1.89. The third-order valence-electron chi connectivity index (χ3n) is 8.89. The minimum Gasteiger partial charge on any atom is -0.481 e. The number of carbonyl (C=O) groups is 10. The van der Waals surface area contributed by atoms with Crippen LogP contribution in [0.3, 0.4) is 0 Å². The molecule has 0 bridgehead atoms. The van der Waals surface area contributed by atoms with Gasteiger partial charge in [-0.25, -0.2) is 14.4 Å². The molecule has 318 valence electrons. The minimum atomic E-state index is -1.51. The average Bonchev–Trinajstić information content (AvgIpc) is 3.11. The number of hydrogen-bond acceptors (Lipinski definition) is 10. The SMILES string of the molecule is [2H]C(=O)NCCCCC(NC(C)=O)C(=O)CCCCCC(CC(=O)CCCCCCC(=O)NCCCC[C@H](NC(=O)N[C@@H](CCC(=O)O)C(=O)O)C(=O)O)C(=O)O. The van der Waals surface area contributed by atoms with E-state index in [4.69, 9.17) is 11.6 Å². The number of nitrogens with one attached hydrogen (secondary N) is 5. The molecule has 0 spiro atoms. The molecular formula is C37H61N5O14. The Morgan fingerprint density at radius 2 is 1.11 bits per heavy atom. The minimum absolute atomic E-state index is 0.00364. The molecule has 5 amide bonds. The van der Waals surface area contributed by atoms with Gasteiger partial charge in [-0.3, -0.25) is 33.6 Å². The van der Waals surface area contributed by atoms with Gasteiger partial charge in [-0.15, -0.1) is 0 Å². The van der Waals surface area contributed by atoms with Crippen molar-refractivity contribution in [3.8, 4) is 0 Å². The van der Waals surface area contributed by atoms with Crippen molar-refractivity contribution in [3.05, 3.63) is 0 Å². The van der Waals surface area contributed by atoms with E-state index in [0.717, 1.165) is 0 Å². The summed E-state index contributed by atoms with van der Waals surface area (Å²) in [5, 5.41) is 48.8. The number of carboxylic acid groups (broad SMARTS) is 4. The van der Waals surface area contributed by atoms with Gasteiger partial charge in [-0.1, -0.05) is 25.7 Å². The van der Waals surface area contributed by atoms with Gasteiger partial charge in [0.2, 0.25) is 18.2 Å². The second-order valence-corrected chi connectivity index (χ2v) is 13.7. The standard InChI is InChI=1S/C37H61N5O14/c1-25(44)40-28(15-9-11-21-38-24-43)31(46)17-7-4-5-13-26(34(50)51)23-27(45)14-6-2-3-8-18-32(47)39-22-12-10-16-29(35(52)53)41-37(56)42-30(36(54)55)19-20-33(48)49/h24,26,28-30H,2-23H2,1H3,(H,38,43)(H,39,47)(H,40,44)(H,48,49)(H,50,51)(H,52,53)(H,54,55)(H2,41,42,56)/t26?,28?,29-,30-/m0/s1/i24D. The predicted molar refractivity (Wildman–Crippen MR) is 200 cm³/mol. The molecule has 4 atom stereocenters. The lowest BCUT2D eigenvalue weighted by molar-refractivity contribution is -0.144. The summed E-state index contributed by atoms with van der Waals surface area (Å²) in [5.41, 5.74) is 0. The van der Waals surface area contributed by atoms with Crippen molar-refractivity contribution in [2.45, 2.75) is 153 Å². The summed E-state index contributed by atoms with van der Waals surface area (Å²) in [5.74, 6) is -6.76. The van der Waals surface area contributed by atoms with Crippen LogP contribution >= 0.6 is 0 Å². The summed E-state index contributed by atoms with van der Waals surface area (Å²) in [6, 6.07) is -4.55. The zero-order chi connectivity index (χ0) is 43.2. The summed E-state index contributed by atoms with van der Waals surface area (Å²) in [7, 11) is 0. The smallest absolute Gasteiger partial charge is 0.326 e. The van der Waals surface area contributed by atoms with Gasteiger partial charge in [0.05, 0.1) is 12.0 Å². The van der Waals surface area contributed by atoms with Crippen LogP contribution in [0, 0.1) is 5.92 Å². The number of hydrogen-bond donors (Lipinski definition) is 9. The zero-order valence-electron chi connectivity index (χ0n) is 33.2. The molecule has 0 aliphatic heterocycles. The Balaban J connectivity index is 4.25. The number of aliphatic carboxylic acids is 4. The molecule has 0 radical (unpaired) electrons. The molecule has 0 aliphatic carbocycles. The van der Waals surface area contributed by atoms with E-state index < -0.39 is 66.8 Å². The topological polar surface area (TPSA) is 312 Å². The average molecular weight is 801 g/mol. The van der Waals surface area contributed by atoms with Crippen LogP contribution in [-0.4, -0.2) is 111 Å². The number of urea groups is 1. The van der Waals surface area contributed by atoms with Crippen molar-refractivity contribution >= 4 is 59.7 Å². The molecule has 0 rings (SSSR count). The van der Waals surface area contributed by atoms with Gasteiger partial charge >= 0.3 is 29.9 Å². The quantitative estimate of drug-likeness (QED) is 0.0328. The number of carboxylic acids is 4. The third kappa shape index (κ3) is 27.5. The molecule has 0 heterocycles. The predicted octanol–water partition coefficient (Wildman–Crippen LogP) is 2.28. The van der Waals surface area contributed by atoms with Crippen molar-refractivity contribution in [2.24, 2.45) is 5.92 Å². The molecule has 56 heavy (non-hydrogen) atoms. The van der Waals surface area contributed by atoms with E-state index in [0.29, 0.717) is 90.0 Å². The van der Waals surface area contributed by atoms with Gasteiger partial charge in [-0.05, 0) is 70.6 Å². The van der Waals surface area contributed by atoms with Crippen LogP contribution in [0.4, 0.5) is 4.79 Å². The maximum Gasteiger partial charge on any atom is 0.326 e. The molecule has 0 saturated heterocycles. The summed E-state index contributed by atoms with van der Waals surface area (Å²) >= 11 is 0. The highest BCUT2D eigenvalue weighted by atomic mass is 16.4. The molecule has 9 N–H and O–H groups in total.